The lowest BCUT2D eigenvalue weighted by Gasteiger charge is -1.91. The first-order valence-electron chi connectivity index (χ1n) is 2.61. The maximum atomic E-state index is 10.5. The fourth-order valence-corrected chi connectivity index (χ4v) is 1.86. The van der Waals surface area contributed by atoms with Crippen molar-refractivity contribution in [2.24, 2.45) is 0 Å². The van der Waals surface area contributed by atoms with Crippen LogP contribution in [0.1, 0.15) is 5.69 Å². The van der Waals surface area contributed by atoms with E-state index in [1.165, 1.54) is 6.92 Å². The summed E-state index contributed by atoms with van der Waals surface area (Å²) in [5.41, 5.74) is 0.220. The van der Waals surface area contributed by atoms with Crippen molar-refractivity contribution in [1.82, 2.24) is 10.2 Å². The second-order valence-corrected chi connectivity index (χ2v) is 3.66. The van der Waals surface area contributed by atoms with E-state index >= 15 is 0 Å². The molecular weight excluding hydrogens is 192 g/mol. The number of rotatable bonds is 1. The second kappa shape index (κ2) is 2.47. The molecule has 62 valence electrons. The predicted octanol–water partition coefficient (Wildman–Crippen LogP) is 0.618. The van der Waals surface area contributed by atoms with Crippen molar-refractivity contribution in [3.63, 3.8) is 0 Å². The molecule has 1 aromatic heterocycles. The normalized spacial score (nSPS) is 11.9. The lowest BCUT2D eigenvalue weighted by Crippen LogP contribution is -1.98. The molecular formula is C4H5ClN2O3S. The van der Waals surface area contributed by atoms with Gasteiger partial charge in [-0.1, -0.05) is 11.6 Å². The number of nitrogens with zero attached hydrogens (tertiary/aromatic N) is 1. The van der Waals surface area contributed by atoms with E-state index in [1.807, 2.05) is 0 Å². The molecule has 0 aliphatic rings. The zero-order chi connectivity index (χ0) is 8.65. The van der Waals surface area contributed by atoms with E-state index in [0.717, 1.165) is 0 Å². The SMILES string of the molecule is Cc1[nH]nc(Cl)c1S(=O)(=O)O. The van der Waals surface area contributed by atoms with Crippen LogP contribution in [0.3, 0.4) is 0 Å². The fraction of sp³-hybridized carbons (Fsp3) is 0.250. The van der Waals surface area contributed by atoms with Gasteiger partial charge in [-0.15, -0.1) is 0 Å². The van der Waals surface area contributed by atoms with Crippen LogP contribution < -0.4 is 0 Å². The molecule has 0 fully saturated rings. The van der Waals surface area contributed by atoms with Crippen molar-refractivity contribution >= 4 is 21.7 Å². The molecule has 1 aromatic rings. The van der Waals surface area contributed by atoms with Gasteiger partial charge in [-0.3, -0.25) is 9.65 Å². The van der Waals surface area contributed by atoms with E-state index in [0.29, 0.717) is 0 Å². The topological polar surface area (TPSA) is 83.0 Å². The molecule has 0 atom stereocenters. The first kappa shape index (κ1) is 8.51. The van der Waals surface area contributed by atoms with E-state index in [9.17, 15) is 8.42 Å². The zero-order valence-electron chi connectivity index (χ0n) is 5.50. The third kappa shape index (κ3) is 1.52. The maximum absolute atomic E-state index is 10.5. The van der Waals surface area contributed by atoms with Gasteiger partial charge in [0.1, 0.15) is 0 Å². The number of aryl methyl sites for hydroxylation is 1. The van der Waals surface area contributed by atoms with Crippen molar-refractivity contribution < 1.29 is 13.0 Å². The van der Waals surface area contributed by atoms with Crippen molar-refractivity contribution in [3.8, 4) is 0 Å². The molecule has 0 aliphatic carbocycles. The zero-order valence-corrected chi connectivity index (χ0v) is 7.07. The Morgan fingerprint density at radius 2 is 2.18 bits per heavy atom. The molecule has 0 aromatic carbocycles. The molecule has 1 rings (SSSR count). The van der Waals surface area contributed by atoms with Crippen LogP contribution in [0.25, 0.3) is 0 Å². The molecule has 7 heteroatoms. The number of nitrogens with one attached hydrogen (secondary N) is 1. The van der Waals surface area contributed by atoms with Gasteiger partial charge in [0.25, 0.3) is 10.1 Å². The minimum Gasteiger partial charge on any atom is -0.282 e. The van der Waals surface area contributed by atoms with Gasteiger partial charge < -0.3 is 0 Å². The molecule has 11 heavy (non-hydrogen) atoms. The number of H-pyrrole nitrogens is 1. The lowest BCUT2D eigenvalue weighted by atomic mass is 10.5. The van der Waals surface area contributed by atoms with Crippen LogP contribution in [-0.4, -0.2) is 23.2 Å². The van der Waals surface area contributed by atoms with Gasteiger partial charge in [0.15, 0.2) is 10.0 Å². The van der Waals surface area contributed by atoms with Crippen LogP contribution in [0.5, 0.6) is 0 Å². The molecule has 0 saturated heterocycles. The first-order valence-corrected chi connectivity index (χ1v) is 4.42. The van der Waals surface area contributed by atoms with Crippen molar-refractivity contribution in [1.29, 1.82) is 0 Å². The van der Waals surface area contributed by atoms with Gasteiger partial charge >= 0.3 is 0 Å². The van der Waals surface area contributed by atoms with Crippen LogP contribution in [0.4, 0.5) is 0 Å². The van der Waals surface area contributed by atoms with Crippen molar-refractivity contribution in [3.05, 3.63) is 10.8 Å². The summed E-state index contributed by atoms with van der Waals surface area (Å²) in [5.74, 6) is 0. The Morgan fingerprint density at radius 3 is 2.36 bits per heavy atom. The van der Waals surface area contributed by atoms with Crippen LogP contribution >= 0.6 is 11.6 Å². The number of aromatic nitrogens is 2. The summed E-state index contributed by atoms with van der Waals surface area (Å²) in [5, 5.41) is 5.46. The highest BCUT2D eigenvalue weighted by Gasteiger charge is 2.20. The van der Waals surface area contributed by atoms with Crippen LogP contribution in [-0.2, 0) is 10.1 Å². The van der Waals surface area contributed by atoms with Crippen molar-refractivity contribution in [2.75, 3.05) is 0 Å². The van der Waals surface area contributed by atoms with E-state index in [1.54, 1.807) is 0 Å². The Labute approximate surface area is 68.1 Å². The Kier molecular flexibility index (Phi) is 1.91. The number of halogens is 1. The average molecular weight is 197 g/mol. The van der Waals surface area contributed by atoms with Gasteiger partial charge in [0.2, 0.25) is 0 Å². The van der Waals surface area contributed by atoms with Crippen molar-refractivity contribution in [2.45, 2.75) is 11.8 Å². The third-order valence-electron chi connectivity index (χ3n) is 1.11. The number of aromatic amines is 1. The van der Waals surface area contributed by atoms with Crippen LogP contribution in [0, 0.1) is 6.92 Å². The quantitative estimate of drug-likeness (QED) is 0.645. The Morgan fingerprint density at radius 1 is 1.64 bits per heavy atom. The van der Waals surface area contributed by atoms with Crippen LogP contribution in [0.15, 0.2) is 4.90 Å². The molecule has 0 aliphatic heterocycles. The van der Waals surface area contributed by atoms with Gasteiger partial charge in [0.05, 0.1) is 5.69 Å². The largest absolute Gasteiger partial charge is 0.299 e. The predicted molar refractivity (Wildman–Crippen MR) is 38.1 cm³/mol. The summed E-state index contributed by atoms with van der Waals surface area (Å²) >= 11 is 5.35. The second-order valence-electron chi connectivity index (χ2n) is 1.94. The van der Waals surface area contributed by atoms with E-state index in [-0.39, 0.29) is 15.7 Å². The molecule has 0 saturated carbocycles. The van der Waals surface area contributed by atoms with E-state index in [4.69, 9.17) is 16.2 Å². The summed E-state index contributed by atoms with van der Waals surface area (Å²) < 4.78 is 29.7. The highest BCUT2D eigenvalue weighted by molar-refractivity contribution is 7.86. The summed E-state index contributed by atoms with van der Waals surface area (Å²) in [6.07, 6.45) is 0. The Balaban J connectivity index is 3.45. The first-order chi connectivity index (χ1) is 4.93. The number of hydrogen-bond donors (Lipinski definition) is 2. The van der Waals surface area contributed by atoms with E-state index in [2.05, 4.69) is 10.2 Å². The van der Waals surface area contributed by atoms with Gasteiger partial charge in [-0.2, -0.15) is 13.5 Å². The summed E-state index contributed by atoms with van der Waals surface area (Å²) in [7, 11) is -4.25. The molecule has 0 spiro atoms. The fourth-order valence-electron chi connectivity index (χ4n) is 0.689. The lowest BCUT2D eigenvalue weighted by molar-refractivity contribution is 0.482. The Bertz CT molecular complexity index is 349. The van der Waals surface area contributed by atoms with Gasteiger partial charge in [-0.25, -0.2) is 0 Å². The smallest absolute Gasteiger partial charge is 0.282 e. The molecule has 1 heterocycles. The maximum Gasteiger partial charge on any atom is 0.299 e. The monoisotopic (exact) mass is 196 g/mol. The van der Waals surface area contributed by atoms with Crippen LogP contribution in [0.2, 0.25) is 5.15 Å². The molecule has 2 N–H and O–H groups in total. The molecule has 0 bridgehead atoms. The molecule has 0 amide bonds. The van der Waals surface area contributed by atoms with Gasteiger partial charge in [0, 0.05) is 0 Å². The number of hydrogen-bond acceptors (Lipinski definition) is 3. The minimum absolute atomic E-state index is 0.220. The molecule has 5 nitrogen and oxygen atoms in total. The van der Waals surface area contributed by atoms with Gasteiger partial charge in [-0.05, 0) is 6.92 Å². The third-order valence-corrected chi connectivity index (χ3v) is 2.51. The average Bonchev–Trinajstić information content (AvgIpc) is 2.08. The minimum atomic E-state index is -4.25. The molecule has 0 radical (unpaired) electrons. The highest BCUT2D eigenvalue weighted by atomic mass is 35.5. The standard InChI is InChI=1S/C4H5ClN2O3S/c1-2-3(11(8,9)10)4(5)7-6-2/h1H3,(H,6,7)(H,8,9,10). The summed E-state index contributed by atoms with van der Waals surface area (Å²) in [6, 6.07) is 0. The summed E-state index contributed by atoms with van der Waals surface area (Å²) in [6.45, 7) is 1.45. The summed E-state index contributed by atoms with van der Waals surface area (Å²) in [4.78, 5) is -0.362. The Hall–Kier alpha value is -0.590. The molecule has 0 unspecified atom stereocenters. The highest BCUT2D eigenvalue weighted by Crippen LogP contribution is 2.20. The van der Waals surface area contributed by atoms with E-state index < -0.39 is 10.1 Å².